The molecule has 1 aliphatic rings. The summed E-state index contributed by atoms with van der Waals surface area (Å²) in [6, 6.07) is 13.7. The SMILES string of the molecule is COc1ccc(/C=C2\C=C(c3ccc(C)cc3)OC2=O)cc1I. The first-order chi connectivity index (χ1) is 11.1. The molecule has 0 fully saturated rings. The lowest BCUT2D eigenvalue weighted by molar-refractivity contribution is -0.130. The van der Waals surface area contributed by atoms with Gasteiger partial charge in [-0.25, -0.2) is 4.79 Å². The standard InChI is InChI=1S/C19H15IO3/c1-12-3-6-14(7-4-12)18-11-15(19(21)23-18)9-13-5-8-17(22-2)16(20)10-13/h3-11H,1-2H3/b15-9+. The zero-order chi connectivity index (χ0) is 16.4. The highest BCUT2D eigenvalue weighted by atomic mass is 127. The summed E-state index contributed by atoms with van der Waals surface area (Å²) in [7, 11) is 1.64. The monoisotopic (exact) mass is 418 g/mol. The Bertz CT molecular complexity index is 817. The van der Waals surface area contributed by atoms with Crippen LogP contribution in [0.25, 0.3) is 11.8 Å². The average molecular weight is 418 g/mol. The Hall–Kier alpha value is -2.08. The fourth-order valence-corrected chi connectivity index (χ4v) is 3.06. The summed E-state index contributed by atoms with van der Waals surface area (Å²) in [5.74, 6) is 1.08. The number of ether oxygens (including phenoxy) is 2. The van der Waals surface area contributed by atoms with Crippen LogP contribution in [0.4, 0.5) is 0 Å². The number of esters is 1. The van der Waals surface area contributed by atoms with Gasteiger partial charge >= 0.3 is 5.97 Å². The molecule has 0 saturated carbocycles. The van der Waals surface area contributed by atoms with Crippen LogP contribution >= 0.6 is 22.6 Å². The van der Waals surface area contributed by atoms with E-state index in [-0.39, 0.29) is 5.97 Å². The van der Waals surface area contributed by atoms with E-state index in [9.17, 15) is 4.79 Å². The fourth-order valence-electron chi connectivity index (χ4n) is 2.30. The molecule has 0 saturated heterocycles. The van der Waals surface area contributed by atoms with Crippen molar-refractivity contribution in [2.75, 3.05) is 7.11 Å². The van der Waals surface area contributed by atoms with E-state index in [0.29, 0.717) is 11.3 Å². The first-order valence-corrected chi connectivity index (χ1v) is 8.21. The van der Waals surface area contributed by atoms with E-state index < -0.39 is 0 Å². The molecule has 0 bridgehead atoms. The van der Waals surface area contributed by atoms with Crippen molar-refractivity contribution < 1.29 is 14.3 Å². The number of cyclic esters (lactones) is 1. The molecule has 0 aromatic heterocycles. The van der Waals surface area contributed by atoms with Crippen LogP contribution in [0.2, 0.25) is 0 Å². The van der Waals surface area contributed by atoms with E-state index in [1.54, 1.807) is 13.2 Å². The number of benzene rings is 2. The van der Waals surface area contributed by atoms with Crippen molar-refractivity contribution >= 4 is 40.4 Å². The molecule has 0 radical (unpaired) electrons. The second-order valence-electron chi connectivity index (χ2n) is 5.26. The summed E-state index contributed by atoms with van der Waals surface area (Å²) >= 11 is 2.21. The van der Waals surface area contributed by atoms with Gasteiger partial charge in [0.1, 0.15) is 11.5 Å². The third kappa shape index (κ3) is 3.47. The molecule has 1 heterocycles. The summed E-state index contributed by atoms with van der Waals surface area (Å²) < 4.78 is 11.6. The Labute approximate surface area is 148 Å². The van der Waals surface area contributed by atoms with Gasteiger partial charge in [-0.3, -0.25) is 0 Å². The van der Waals surface area contributed by atoms with Gasteiger partial charge in [0.05, 0.1) is 16.3 Å². The zero-order valence-corrected chi connectivity index (χ0v) is 15.0. The van der Waals surface area contributed by atoms with Crippen LogP contribution in [-0.4, -0.2) is 13.1 Å². The molecule has 1 aliphatic heterocycles. The average Bonchev–Trinajstić information content (AvgIpc) is 2.89. The highest BCUT2D eigenvalue weighted by molar-refractivity contribution is 14.1. The lowest BCUT2D eigenvalue weighted by atomic mass is 10.1. The van der Waals surface area contributed by atoms with Crippen LogP contribution in [0.15, 0.2) is 54.1 Å². The van der Waals surface area contributed by atoms with Gasteiger partial charge in [0.25, 0.3) is 0 Å². The van der Waals surface area contributed by atoms with Crippen molar-refractivity contribution in [1.29, 1.82) is 0 Å². The molecule has 2 aromatic carbocycles. The Morgan fingerprint density at radius 1 is 1.13 bits per heavy atom. The molecule has 2 aromatic rings. The lowest BCUT2D eigenvalue weighted by Gasteiger charge is -2.03. The number of halogens is 1. The maximum atomic E-state index is 12.1. The van der Waals surface area contributed by atoms with Crippen molar-refractivity contribution in [2.45, 2.75) is 6.92 Å². The maximum Gasteiger partial charge on any atom is 0.343 e. The molecule has 0 unspecified atom stereocenters. The van der Waals surface area contributed by atoms with Crippen molar-refractivity contribution in [3.05, 3.63) is 74.4 Å². The van der Waals surface area contributed by atoms with E-state index in [1.165, 1.54) is 5.56 Å². The molecule has 23 heavy (non-hydrogen) atoms. The minimum atomic E-state index is -0.327. The highest BCUT2D eigenvalue weighted by Gasteiger charge is 2.21. The summed E-state index contributed by atoms with van der Waals surface area (Å²) in [4.78, 5) is 12.1. The third-order valence-corrected chi connectivity index (χ3v) is 4.40. The van der Waals surface area contributed by atoms with Gasteiger partial charge < -0.3 is 9.47 Å². The van der Waals surface area contributed by atoms with E-state index in [4.69, 9.17) is 9.47 Å². The zero-order valence-electron chi connectivity index (χ0n) is 12.8. The minimum Gasteiger partial charge on any atom is -0.496 e. The van der Waals surface area contributed by atoms with Crippen LogP contribution < -0.4 is 4.74 Å². The first kappa shape index (κ1) is 15.8. The molecule has 0 aliphatic carbocycles. The van der Waals surface area contributed by atoms with E-state index in [2.05, 4.69) is 22.6 Å². The van der Waals surface area contributed by atoms with E-state index in [1.807, 2.05) is 55.5 Å². The van der Waals surface area contributed by atoms with Gasteiger partial charge in [-0.2, -0.15) is 0 Å². The van der Waals surface area contributed by atoms with Crippen LogP contribution in [0.1, 0.15) is 16.7 Å². The predicted octanol–water partition coefficient (Wildman–Crippen LogP) is 4.59. The molecule has 0 spiro atoms. The number of hydrogen-bond acceptors (Lipinski definition) is 3. The molecule has 116 valence electrons. The molecule has 4 heteroatoms. The topological polar surface area (TPSA) is 35.5 Å². The van der Waals surface area contributed by atoms with Crippen molar-refractivity contribution in [3.8, 4) is 5.75 Å². The number of methoxy groups -OCH3 is 1. The second-order valence-corrected chi connectivity index (χ2v) is 6.42. The van der Waals surface area contributed by atoms with Crippen LogP contribution in [0.5, 0.6) is 5.75 Å². The van der Waals surface area contributed by atoms with Crippen LogP contribution in [0, 0.1) is 10.5 Å². The van der Waals surface area contributed by atoms with Gasteiger partial charge in [-0.15, -0.1) is 0 Å². The van der Waals surface area contributed by atoms with Gasteiger partial charge in [0.2, 0.25) is 0 Å². The molecule has 3 rings (SSSR count). The van der Waals surface area contributed by atoms with Gasteiger partial charge in [0, 0.05) is 5.56 Å². The number of aryl methyl sites for hydroxylation is 1. The molecular weight excluding hydrogens is 403 g/mol. The molecule has 0 atom stereocenters. The van der Waals surface area contributed by atoms with E-state index >= 15 is 0 Å². The van der Waals surface area contributed by atoms with E-state index in [0.717, 1.165) is 20.4 Å². The third-order valence-electron chi connectivity index (χ3n) is 3.56. The number of carbonyl (C=O) groups is 1. The normalized spacial score (nSPS) is 15.5. The lowest BCUT2D eigenvalue weighted by Crippen LogP contribution is -1.97. The number of rotatable bonds is 3. The smallest absolute Gasteiger partial charge is 0.343 e. The quantitative estimate of drug-likeness (QED) is 0.416. The van der Waals surface area contributed by atoms with Crippen molar-refractivity contribution in [2.24, 2.45) is 0 Å². The summed E-state index contributed by atoms with van der Waals surface area (Å²) in [5, 5.41) is 0. The Morgan fingerprint density at radius 3 is 2.52 bits per heavy atom. The minimum absolute atomic E-state index is 0.327. The maximum absolute atomic E-state index is 12.1. The van der Waals surface area contributed by atoms with Gasteiger partial charge in [-0.05, 0) is 59.4 Å². The fraction of sp³-hybridized carbons (Fsp3) is 0.105. The van der Waals surface area contributed by atoms with Crippen LogP contribution in [-0.2, 0) is 9.53 Å². The Kier molecular flexibility index (Phi) is 4.52. The largest absolute Gasteiger partial charge is 0.496 e. The van der Waals surface area contributed by atoms with Gasteiger partial charge in [-0.1, -0.05) is 35.9 Å². The Balaban J connectivity index is 1.91. The summed E-state index contributed by atoms with van der Waals surface area (Å²) in [6.45, 7) is 2.02. The predicted molar refractivity (Wildman–Crippen MR) is 98.9 cm³/mol. The highest BCUT2D eigenvalue weighted by Crippen LogP contribution is 2.29. The Morgan fingerprint density at radius 2 is 1.87 bits per heavy atom. The van der Waals surface area contributed by atoms with Crippen molar-refractivity contribution in [1.82, 2.24) is 0 Å². The number of hydrogen-bond donors (Lipinski definition) is 0. The van der Waals surface area contributed by atoms with Crippen molar-refractivity contribution in [3.63, 3.8) is 0 Å². The van der Waals surface area contributed by atoms with Gasteiger partial charge in [0.15, 0.2) is 0 Å². The summed E-state index contributed by atoms with van der Waals surface area (Å²) in [5.41, 5.74) is 3.55. The molecule has 3 nitrogen and oxygen atoms in total. The molecular formula is C19H15IO3. The number of carbonyl (C=O) groups excluding carboxylic acids is 1. The molecule has 0 N–H and O–H groups in total. The second kappa shape index (κ2) is 6.58. The summed E-state index contributed by atoms with van der Waals surface area (Å²) in [6.07, 6.45) is 3.61. The molecule has 0 amide bonds. The van der Waals surface area contributed by atoms with Crippen LogP contribution in [0.3, 0.4) is 0 Å². The first-order valence-electron chi connectivity index (χ1n) is 7.13.